The molecule has 0 spiro atoms. The van der Waals surface area contributed by atoms with Crippen molar-refractivity contribution in [2.75, 3.05) is 18.5 Å². The van der Waals surface area contributed by atoms with Crippen LogP contribution in [0.1, 0.15) is 12.8 Å². The van der Waals surface area contributed by atoms with Crippen molar-refractivity contribution < 1.29 is 4.74 Å². The summed E-state index contributed by atoms with van der Waals surface area (Å²) in [5, 5.41) is 7.06. The molecule has 2 heterocycles. The second kappa shape index (κ2) is 6.14. The Morgan fingerprint density at radius 2 is 2.53 bits per heavy atom. The molecule has 1 saturated heterocycles. The van der Waals surface area contributed by atoms with E-state index in [2.05, 4.69) is 15.6 Å². The Labute approximate surface area is 111 Å². The third kappa shape index (κ3) is 3.80. The van der Waals surface area contributed by atoms with Crippen LogP contribution in [0.3, 0.4) is 0 Å². The van der Waals surface area contributed by atoms with Gasteiger partial charge in [0.05, 0.1) is 11.8 Å². The number of hydrogen-bond acceptors (Lipinski definition) is 3. The fourth-order valence-corrected chi connectivity index (χ4v) is 2.02. The monoisotopic (exact) mass is 271 g/mol. The molecule has 0 aromatic carbocycles. The molecule has 92 valence electrons. The normalized spacial score (nSPS) is 19.0. The molecule has 0 aliphatic carbocycles. The average Bonchev–Trinajstić information content (AvgIpc) is 2.82. The molecule has 6 heteroatoms. The number of pyridine rings is 1. The molecule has 0 saturated carbocycles. The number of thiocarbonyl (C=S) groups is 1. The lowest BCUT2D eigenvalue weighted by Crippen LogP contribution is -2.34. The summed E-state index contributed by atoms with van der Waals surface area (Å²) in [6, 6.07) is 3.63. The van der Waals surface area contributed by atoms with Crippen LogP contribution in [0, 0.1) is 0 Å². The lowest BCUT2D eigenvalue weighted by molar-refractivity contribution is 0.114. The Morgan fingerprint density at radius 3 is 3.24 bits per heavy atom. The first-order chi connectivity index (χ1) is 8.25. The van der Waals surface area contributed by atoms with E-state index in [1.54, 1.807) is 12.3 Å². The van der Waals surface area contributed by atoms with E-state index in [-0.39, 0.29) is 6.10 Å². The first kappa shape index (κ1) is 12.5. The van der Waals surface area contributed by atoms with Crippen LogP contribution in [-0.2, 0) is 4.74 Å². The van der Waals surface area contributed by atoms with Crippen molar-refractivity contribution in [1.29, 1.82) is 0 Å². The van der Waals surface area contributed by atoms with Crippen LogP contribution in [0.2, 0.25) is 5.15 Å². The van der Waals surface area contributed by atoms with Gasteiger partial charge < -0.3 is 15.4 Å². The Morgan fingerprint density at radius 1 is 1.65 bits per heavy atom. The van der Waals surface area contributed by atoms with Gasteiger partial charge in [-0.05, 0) is 37.2 Å². The van der Waals surface area contributed by atoms with Crippen LogP contribution >= 0.6 is 23.8 Å². The highest BCUT2D eigenvalue weighted by atomic mass is 35.5. The molecule has 1 aliphatic heterocycles. The zero-order chi connectivity index (χ0) is 12.1. The summed E-state index contributed by atoms with van der Waals surface area (Å²) in [4.78, 5) is 3.96. The minimum atomic E-state index is 0.263. The highest BCUT2D eigenvalue weighted by Gasteiger charge is 2.15. The van der Waals surface area contributed by atoms with Crippen molar-refractivity contribution >= 4 is 34.6 Å². The number of rotatable bonds is 3. The quantitative estimate of drug-likeness (QED) is 0.652. The van der Waals surface area contributed by atoms with E-state index in [1.165, 1.54) is 0 Å². The molecule has 2 N–H and O–H groups in total. The Bertz CT molecular complexity index is 396. The standard InChI is InChI=1S/C11H14ClN3OS/c12-10-9(4-1-5-13-10)15-11(17)14-7-8-3-2-6-16-8/h1,4-5,8H,2-3,6-7H2,(H2,14,15,17)/t8-/m1/s1. The number of hydrogen-bond donors (Lipinski definition) is 2. The van der Waals surface area contributed by atoms with Gasteiger partial charge in [-0.1, -0.05) is 11.6 Å². The molecule has 1 atom stereocenters. The van der Waals surface area contributed by atoms with Crippen LogP contribution in [0.5, 0.6) is 0 Å². The van der Waals surface area contributed by atoms with E-state index in [9.17, 15) is 0 Å². The molecule has 0 unspecified atom stereocenters. The molecular formula is C11H14ClN3OS. The van der Waals surface area contributed by atoms with Gasteiger partial charge in [0.2, 0.25) is 0 Å². The molecule has 1 aliphatic rings. The predicted molar refractivity (Wildman–Crippen MR) is 72.4 cm³/mol. The highest BCUT2D eigenvalue weighted by molar-refractivity contribution is 7.80. The van der Waals surface area contributed by atoms with E-state index in [0.29, 0.717) is 16.0 Å². The molecule has 0 radical (unpaired) electrons. The SMILES string of the molecule is S=C(NC[C@H]1CCCO1)Nc1cccnc1Cl. The van der Waals surface area contributed by atoms with Crippen molar-refractivity contribution in [2.45, 2.75) is 18.9 Å². The first-order valence-electron chi connectivity index (χ1n) is 5.52. The summed E-state index contributed by atoms with van der Waals surface area (Å²) in [7, 11) is 0. The number of halogens is 1. The van der Waals surface area contributed by atoms with Crippen molar-refractivity contribution in [1.82, 2.24) is 10.3 Å². The van der Waals surface area contributed by atoms with Gasteiger partial charge >= 0.3 is 0 Å². The second-order valence-electron chi connectivity index (χ2n) is 3.81. The van der Waals surface area contributed by atoms with Gasteiger partial charge in [-0.15, -0.1) is 0 Å². The molecule has 1 aromatic heterocycles. The average molecular weight is 272 g/mol. The molecule has 4 nitrogen and oxygen atoms in total. The summed E-state index contributed by atoms with van der Waals surface area (Å²) >= 11 is 11.1. The van der Waals surface area contributed by atoms with Crippen LogP contribution in [0.25, 0.3) is 0 Å². The fourth-order valence-electron chi connectivity index (χ4n) is 1.66. The lowest BCUT2D eigenvalue weighted by atomic mass is 10.2. The van der Waals surface area contributed by atoms with Crippen molar-refractivity contribution in [3.8, 4) is 0 Å². The maximum absolute atomic E-state index is 5.91. The van der Waals surface area contributed by atoms with Gasteiger partial charge in [-0.25, -0.2) is 4.98 Å². The zero-order valence-corrected chi connectivity index (χ0v) is 10.9. The zero-order valence-electron chi connectivity index (χ0n) is 9.28. The fraction of sp³-hybridized carbons (Fsp3) is 0.455. The van der Waals surface area contributed by atoms with E-state index in [4.69, 9.17) is 28.6 Å². The second-order valence-corrected chi connectivity index (χ2v) is 4.58. The van der Waals surface area contributed by atoms with E-state index >= 15 is 0 Å². The topological polar surface area (TPSA) is 46.2 Å². The lowest BCUT2D eigenvalue weighted by Gasteiger charge is -2.14. The molecule has 2 rings (SSSR count). The number of nitrogens with zero attached hydrogens (tertiary/aromatic N) is 1. The molecule has 0 bridgehead atoms. The third-order valence-corrected chi connectivity index (χ3v) is 3.07. The maximum atomic E-state index is 5.91. The van der Waals surface area contributed by atoms with E-state index < -0.39 is 0 Å². The molecule has 1 aromatic rings. The van der Waals surface area contributed by atoms with Crippen LogP contribution < -0.4 is 10.6 Å². The third-order valence-electron chi connectivity index (χ3n) is 2.52. The van der Waals surface area contributed by atoms with Crippen LogP contribution in [-0.4, -0.2) is 29.4 Å². The molecule has 17 heavy (non-hydrogen) atoms. The highest BCUT2D eigenvalue weighted by Crippen LogP contribution is 2.17. The van der Waals surface area contributed by atoms with E-state index in [0.717, 1.165) is 26.0 Å². The summed E-state index contributed by atoms with van der Waals surface area (Å²) in [6.45, 7) is 1.57. The van der Waals surface area contributed by atoms with Crippen LogP contribution in [0.15, 0.2) is 18.3 Å². The minimum absolute atomic E-state index is 0.263. The van der Waals surface area contributed by atoms with Gasteiger partial charge in [0.1, 0.15) is 0 Å². The number of nitrogens with one attached hydrogen (secondary N) is 2. The Hall–Kier alpha value is -0.910. The Kier molecular flexibility index (Phi) is 4.53. The van der Waals surface area contributed by atoms with Crippen molar-refractivity contribution in [3.63, 3.8) is 0 Å². The summed E-state index contributed by atoms with van der Waals surface area (Å²) < 4.78 is 5.49. The van der Waals surface area contributed by atoms with Gasteiger partial charge in [0.15, 0.2) is 10.3 Å². The largest absolute Gasteiger partial charge is 0.376 e. The number of anilines is 1. The molecule has 1 fully saturated rings. The van der Waals surface area contributed by atoms with Crippen molar-refractivity contribution in [3.05, 3.63) is 23.5 Å². The molecule has 0 amide bonds. The smallest absolute Gasteiger partial charge is 0.170 e. The van der Waals surface area contributed by atoms with Gasteiger partial charge in [-0.3, -0.25) is 0 Å². The van der Waals surface area contributed by atoms with Gasteiger partial charge in [-0.2, -0.15) is 0 Å². The van der Waals surface area contributed by atoms with Crippen molar-refractivity contribution in [2.24, 2.45) is 0 Å². The number of aromatic nitrogens is 1. The summed E-state index contributed by atoms with van der Waals surface area (Å²) in [5.41, 5.74) is 0.707. The van der Waals surface area contributed by atoms with Gasteiger partial charge in [0, 0.05) is 19.3 Å². The molecular weight excluding hydrogens is 258 g/mol. The maximum Gasteiger partial charge on any atom is 0.170 e. The summed E-state index contributed by atoms with van der Waals surface area (Å²) in [6.07, 6.45) is 4.11. The summed E-state index contributed by atoms with van der Waals surface area (Å²) in [5.74, 6) is 0. The Balaban J connectivity index is 1.79. The van der Waals surface area contributed by atoms with Gasteiger partial charge in [0.25, 0.3) is 0 Å². The predicted octanol–water partition coefficient (Wildman–Crippen LogP) is 2.20. The van der Waals surface area contributed by atoms with Crippen LogP contribution in [0.4, 0.5) is 5.69 Å². The minimum Gasteiger partial charge on any atom is -0.376 e. The number of ether oxygens (including phenoxy) is 1. The first-order valence-corrected chi connectivity index (χ1v) is 6.31. The van der Waals surface area contributed by atoms with E-state index in [1.807, 2.05) is 6.07 Å².